The van der Waals surface area contributed by atoms with Gasteiger partial charge in [-0.2, -0.15) is 0 Å². The third-order valence-corrected chi connectivity index (χ3v) is 2.13. The lowest BCUT2D eigenvalue weighted by molar-refractivity contribution is -0.385. The van der Waals surface area contributed by atoms with Gasteiger partial charge in [-0.3, -0.25) is 19.7 Å². The van der Waals surface area contributed by atoms with Gasteiger partial charge < -0.3 is 20.5 Å². The topological polar surface area (TPSA) is 163 Å². The first kappa shape index (κ1) is 14.3. The van der Waals surface area contributed by atoms with Crippen LogP contribution in [-0.4, -0.2) is 44.6 Å². The number of pyridine rings is 1. The molecular formula is C9H9N3O7. The van der Waals surface area contributed by atoms with Gasteiger partial charge in [0.1, 0.15) is 5.56 Å². The molecule has 0 aliphatic carbocycles. The fourth-order valence-electron chi connectivity index (χ4n) is 1.17. The minimum absolute atomic E-state index is 0.527. The number of aromatic nitrogens is 1. The Hall–Kier alpha value is -2.75. The number of aliphatic carboxylic acids is 1. The van der Waals surface area contributed by atoms with Crippen molar-refractivity contribution in [3.05, 3.63) is 38.3 Å². The molecule has 0 fully saturated rings. The monoisotopic (exact) mass is 271 g/mol. The van der Waals surface area contributed by atoms with Gasteiger partial charge in [-0.15, -0.1) is 0 Å². The number of carbonyl (C=O) groups excluding carboxylic acids is 1. The van der Waals surface area contributed by atoms with Crippen molar-refractivity contribution in [1.29, 1.82) is 0 Å². The average Bonchev–Trinajstić information content (AvgIpc) is 2.35. The second-order valence-corrected chi connectivity index (χ2v) is 3.40. The molecule has 1 rings (SSSR count). The summed E-state index contributed by atoms with van der Waals surface area (Å²) in [7, 11) is 0. The fraction of sp³-hybridized carbons (Fsp3) is 0.222. The predicted molar refractivity (Wildman–Crippen MR) is 59.7 cm³/mol. The second-order valence-electron chi connectivity index (χ2n) is 3.40. The third-order valence-electron chi connectivity index (χ3n) is 2.13. The molecule has 0 aliphatic rings. The maximum absolute atomic E-state index is 11.6. The molecule has 0 aliphatic heterocycles. The Morgan fingerprint density at radius 2 is 2.16 bits per heavy atom. The van der Waals surface area contributed by atoms with E-state index in [9.17, 15) is 24.5 Å². The van der Waals surface area contributed by atoms with Crippen LogP contribution in [0.2, 0.25) is 0 Å². The molecule has 10 nitrogen and oxygen atoms in total. The highest BCUT2D eigenvalue weighted by Crippen LogP contribution is 2.08. The number of amides is 1. The molecule has 1 heterocycles. The number of aliphatic hydroxyl groups is 1. The number of aliphatic hydroxyl groups excluding tert-OH is 1. The normalized spacial score (nSPS) is 11.6. The molecule has 102 valence electrons. The number of aromatic amines is 1. The minimum Gasteiger partial charge on any atom is -0.480 e. The van der Waals surface area contributed by atoms with Gasteiger partial charge in [0.05, 0.1) is 17.7 Å². The molecule has 0 spiro atoms. The van der Waals surface area contributed by atoms with Crippen LogP contribution in [0.4, 0.5) is 5.69 Å². The maximum atomic E-state index is 11.6. The number of hydrogen-bond acceptors (Lipinski definition) is 6. The number of nitrogens with one attached hydrogen (secondary N) is 2. The zero-order valence-corrected chi connectivity index (χ0v) is 9.32. The van der Waals surface area contributed by atoms with E-state index in [1.54, 1.807) is 0 Å². The summed E-state index contributed by atoms with van der Waals surface area (Å²) in [6.45, 7) is -0.881. The van der Waals surface area contributed by atoms with E-state index in [2.05, 4.69) is 0 Å². The van der Waals surface area contributed by atoms with Crippen LogP contribution < -0.4 is 10.9 Å². The first-order valence-corrected chi connectivity index (χ1v) is 4.88. The summed E-state index contributed by atoms with van der Waals surface area (Å²) in [5.41, 5.74) is -2.06. The quantitative estimate of drug-likeness (QED) is 0.372. The standard InChI is InChI=1S/C9H9N3O7/c13-3-6(9(16)17)11-8(15)5-1-4(12(18)19)2-10-7(5)14/h1-2,6,13H,3H2,(H,10,14)(H,11,15)(H,16,17). The third kappa shape index (κ3) is 3.35. The highest BCUT2D eigenvalue weighted by molar-refractivity contribution is 5.96. The Balaban J connectivity index is 3.05. The number of carboxylic acid groups (broad SMARTS) is 1. The van der Waals surface area contributed by atoms with Gasteiger partial charge in [-0.05, 0) is 0 Å². The van der Waals surface area contributed by atoms with Crippen molar-refractivity contribution in [3.8, 4) is 0 Å². The van der Waals surface area contributed by atoms with Gasteiger partial charge in [-0.25, -0.2) is 4.79 Å². The highest BCUT2D eigenvalue weighted by atomic mass is 16.6. The number of carboxylic acids is 1. The summed E-state index contributed by atoms with van der Waals surface area (Å²) in [5, 5.41) is 29.7. The number of carbonyl (C=O) groups is 2. The smallest absolute Gasteiger partial charge is 0.328 e. The molecule has 10 heteroatoms. The number of nitrogens with zero attached hydrogens (tertiary/aromatic N) is 1. The first-order chi connectivity index (χ1) is 8.86. The van der Waals surface area contributed by atoms with Crippen LogP contribution in [0.15, 0.2) is 17.1 Å². The van der Waals surface area contributed by atoms with Crippen LogP contribution in [0, 0.1) is 10.1 Å². The number of rotatable bonds is 5. The van der Waals surface area contributed by atoms with Gasteiger partial charge in [-0.1, -0.05) is 0 Å². The van der Waals surface area contributed by atoms with Crippen molar-refractivity contribution >= 4 is 17.6 Å². The van der Waals surface area contributed by atoms with Gasteiger partial charge in [0.15, 0.2) is 6.04 Å². The Morgan fingerprint density at radius 1 is 1.53 bits per heavy atom. The van der Waals surface area contributed by atoms with Crippen molar-refractivity contribution in [1.82, 2.24) is 10.3 Å². The zero-order valence-electron chi connectivity index (χ0n) is 9.32. The molecule has 0 aromatic carbocycles. The van der Waals surface area contributed by atoms with E-state index < -0.39 is 46.3 Å². The van der Waals surface area contributed by atoms with Crippen molar-refractivity contribution in [2.24, 2.45) is 0 Å². The molecule has 4 N–H and O–H groups in total. The Labute approximate surface area is 104 Å². The Kier molecular flexibility index (Phi) is 4.32. The molecular weight excluding hydrogens is 262 g/mol. The van der Waals surface area contributed by atoms with E-state index in [4.69, 9.17) is 10.2 Å². The summed E-state index contributed by atoms with van der Waals surface area (Å²) in [6, 6.07) is -0.893. The van der Waals surface area contributed by atoms with Gasteiger partial charge in [0.25, 0.3) is 17.2 Å². The van der Waals surface area contributed by atoms with Crippen molar-refractivity contribution in [2.75, 3.05) is 6.61 Å². The van der Waals surface area contributed by atoms with Crippen LogP contribution >= 0.6 is 0 Å². The van der Waals surface area contributed by atoms with E-state index in [0.29, 0.717) is 6.07 Å². The van der Waals surface area contributed by atoms with Crippen LogP contribution in [0.3, 0.4) is 0 Å². The van der Waals surface area contributed by atoms with E-state index in [-0.39, 0.29) is 0 Å². The fourth-order valence-corrected chi connectivity index (χ4v) is 1.17. The van der Waals surface area contributed by atoms with E-state index in [1.807, 2.05) is 10.3 Å². The van der Waals surface area contributed by atoms with E-state index in [1.165, 1.54) is 0 Å². The molecule has 1 atom stereocenters. The van der Waals surface area contributed by atoms with E-state index >= 15 is 0 Å². The summed E-state index contributed by atoms with van der Waals surface area (Å²) in [6.07, 6.45) is 0.805. The van der Waals surface area contributed by atoms with Crippen LogP contribution in [0.25, 0.3) is 0 Å². The van der Waals surface area contributed by atoms with Gasteiger partial charge >= 0.3 is 5.97 Å². The lowest BCUT2D eigenvalue weighted by Gasteiger charge is -2.10. The largest absolute Gasteiger partial charge is 0.480 e. The molecule has 19 heavy (non-hydrogen) atoms. The molecule has 0 saturated carbocycles. The molecule has 1 amide bonds. The van der Waals surface area contributed by atoms with Crippen LogP contribution in [0.1, 0.15) is 10.4 Å². The van der Waals surface area contributed by atoms with Crippen LogP contribution in [0.5, 0.6) is 0 Å². The minimum atomic E-state index is -1.61. The molecule has 0 bridgehead atoms. The number of H-pyrrole nitrogens is 1. The second kappa shape index (κ2) is 5.73. The molecule has 0 radical (unpaired) electrons. The summed E-state index contributed by atoms with van der Waals surface area (Å²) in [5.74, 6) is -2.64. The SMILES string of the molecule is O=C(NC(CO)C(=O)O)c1cc([N+](=O)[O-])c[nH]c1=O. The van der Waals surface area contributed by atoms with Gasteiger partial charge in [0, 0.05) is 6.07 Å². The maximum Gasteiger partial charge on any atom is 0.328 e. The summed E-state index contributed by atoms with van der Waals surface area (Å²) >= 11 is 0. The van der Waals surface area contributed by atoms with E-state index in [0.717, 1.165) is 6.20 Å². The summed E-state index contributed by atoms with van der Waals surface area (Å²) in [4.78, 5) is 45.1. The zero-order chi connectivity index (χ0) is 14.6. The molecule has 1 aromatic heterocycles. The average molecular weight is 271 g/mol. The molecule has 1 unspecified atom stereocenters. The van der Waals surface area contributed by atoms with Crippen molar-refractivity contribution in [3.63, 3.8) is 0 Å². The number of hydrogen-bond donors (Lipinski definition) is 4. The Morgan fingerprint density at radius 3 is 2.63 bits per heavy atom. The lowest BCUT2D eigenvalue weighted by Crippen LogP contribution is -2.44. The summed E-state index contributed by atoms with van der Waals surface area (Å²) < 4.78 is 0. The van der Waals surface area contributed by atoms with Gasteiger partial charge in [0.2, 0.25) is 0 Å². The molecule has 1 aromatic rings. The lowest BCUT2D eigenvalue weighted by atomic mass is 10.2. The number of nitro groups is 1. The Bertz CT molecular complexity index is 579. The first-order valence-electron chi connectivity index (χ1n) is 4.88. The van der Waals surface area contributed by atoms with Crippen LogP contribution in [-0.2, 0) is 4.79 Å². The van der Waals surface area contributed by atoms with Crippen molar-refractivity contribution < 1.29 is 24.7 Å². The van der Waals surface area contributed by atoms with Crippen molar-refractivity contribution in [2.45, 2.75) is 6.04 Å². The molecule has 0 saturated heterocycles. The highest BCUT2D eigenvalue weighted by Gasteiger charge is 2.22. The predicted octanol–water partition coefficient (Wildman–Crippen LogP) is -1.54.